The van der Waals surface area contributed by atoms with Crippen molar-refractivity contribution in [1.29, 1.82) is 0 Å². The van der Waals surface area contributed by atoms with Crippen molar-refractivity contribution in [2.45, 2.75) is 6.42 Å². The van der Waals surface area contributed by atoms with Gasteiger partial charge in [-0.2, -0.15) is 0 Å². The standard InChI is InChI=1S/C14H13NO2/c15-13-3-1-2-11(9-13)8-10-4-6-12(7-5-10)14(16)17/h1-7,9H,8,15H2,(H,16,17). The van der Waals surface area contributed by atoms with Gasteiger partial charge >= 0.3 is 5.97 Å². The largest absolute Gasteiger partial charge is 0.478 e. The molecule has 86 valence electrons. The van der Waals surface area contributed by atoms with Crippen LogP contribution in [0.4, 0.5) is 5.69 Å². The minimum atomic E-state index is -0.902. The average molecular weight is 227 g/mol. The summed E-state index contributed by atoms with van der Waals surface area (Å²) in [7, 11) is 0. The average Bonchev–Trinajstić information content (AvgIpc) is 2.29. The molecule has 0 saturated heterocycles. The Kier molecular flexibility index (Phi) is 3.10. The van der Waals surface area contributed by atoms with E-state index in [1.54, 1.807) is 12.1 Å². The van der Waals surface area contributed by atoms with E-state index in [4.69, 9.17) is 10.8 Å². The van der Waals surface area contributed by atoms with Gasteiger partial charge in [-0.25, -0.2) is 4.79 Å². The third-order valence-corrected chi connectivity index (χ3v) is 2.56. The SMILES string of the molecule is Nc1cccc(Cc2ccc(C(=O)O)cc2)c1. The maximum Gasteiger partial charge on any atom is 0.335 e. The number of rotatable bonds is 3. The molecule has 0 bridgehead atoms. The quantitative estimate of drug-likeness (QED) is 0.792. The van der Waals surface area contributed by atoms with Crippen LogP contribution in [0.25, 0.3) is 0 Å². The highest BCUT2D eigenvalue weighted by Gasteiger charge is 2.02. The second kappa shape index (κ2) is 4.70. The molecule has 0 aliphatic heterocycles. The monoisotopic (exact) mass is 227 g/mol. The van der Waals surface area contributed by atoms with Crippen molar-refractivity contribution in [3.63, 3.8) is 0 Å². The molecule has 0 aliphatic carbocycles. The fourth-order valence-electron chi connectivity index (χ4n) is 1.70. The molecule has 0 amide bonds. The third-order valence-electron chi connectivity index (χ3n) is 2.56. The van der Waals surface area contributed by atoms with Crippen LogP contribution in [0.15, 0.2) is 48.5 Å². The van der Waals surface area contributed by atoms with Gasteiger partial charge < -0.3 is 10.8 Å². The van der Waals surface area contributed by atoms with Crippen molar-refractivity contribution in [2.75, 3.05) is 5.73 Å². The van der Waals surface area contributed by atoms with Crippen molar-refractivity contribution in [3.05, 3.63) is 65.2 Å². The highest BCUT2D eigenvalue weighted by molar-refractivity contribution is 5.87. The summed E-state index contributed by atoms with van der Waals surface area (Å²) in [5.41, 5.74) is 8.93. The lowest BCUT2D eigenvalue weighted by molar-refractivity contribution is 0.0697. The van der Waals surface area contributed by atoms with Crippen LogP contribution >= 0.6 is 0 Å². The fourth-order valence-corrected chi connectivity index (χ4v) is 1.70. The molecule has 2 aromatic carbocycles. The van der Waals surface area contributed by atoms with Crippen LogP contribution in [0.2, 0.25) is 0 Å². The highest BCUT2D eigenvalue weighted by Crippen LogP contribution is 2.13. The Bertz CT molecular complexity index is 532. The van der Waals surface area contributed by atoms with E-state index in [1.807, 2.05) is 36.4 Å². The zero-order valence-electron chi connectivity index (χ0n) is 9.26. The van der Waals surface area contributed by atoms with E-state index >= 15 is 0 Å². The molecule has 0 spiro atoms. The predicted octanol–water partition coefficient (Wildman–Crippen LogP) is 2.56. The van der Waals surface area contributed by atoms with Gasteiger partial charge in [0, 0.05) is 5.69 Å². The first-order chi connectivity index (χ1) is 8.15. The first kappa shape index (κ1) is 11.2. The molecule has 0 heterocycles. The number of hydrogen-bond donors (Lipinski definition) is 2. The first-order valence-electron chi connectivity index (χ1n) is 5.32. The lowest BCUT2D eigenvalue weighted by Gasteiger charge is -2.03. The van der Waals surface area contributed by atoms with Crippen molar-refractivity contribution in [1.82, 2.24) is 0 Å². The number of hydrogen-bond acceptors (Lipinski definition) is 2. The van der Waals surface area contributed by atoms with Crippen LogP contribution in [0.3, 0.4) is 0 Å². The van der Waals surface area contributed by atoms with Gasteiger partial charge in [0.1, 0.15) is 0 Å². The Balaban J connectivity index is 2.16. The van der Waals surface area contributed by atoms with Gasteiger partial charge in [0.2, 0.25) is 0 Å². The van der Waals surface area contributed by atoms with Gasteiger partial charge in [-0.3, -0.25) is 0 Å². The van der Waals surface area contributed by atoms with Crippen LogP contribution in [-0.2, 0) is 6.42 Å². The van der Waals surface area contributed by atoms with Crippen LogP contribution in [0.5, 0.6) is 0 Å². The summed E-state index contributed by atoms with van der Waals surface area (Å²) >= 11 is 0. The molecule has 3 heteroatoms. The summed E-state index contributed by atoms with van der Waals surface area (Å²) in [6, 6.07) is 14.6. The molecule has 2 aromatic rings. The van der Waals surface area contributed by atoms with Gasteiger partial charge in [0.25, 0.3) is 0 Å². The van der Waals surface area contributed by atoms with Crippen molar-refractivity contribution >= 4 is 11.7 Å². The van der Waals surface area contributed by atoms with Gasteiger partial charge in [-0.1, -0.05) is 24.3 Å². The summed E-state index contributed by atoms with van der Waals surface area (Å²) < 4.78 is 0. The van der Waals surface area contributed by atoms with E-state index in [9.17, 15) is 4.79 Å². The van der Waals surface area contributed by atoms with Crippen molar-refractivity contribution < 1.29 is 9.90 Å². The Labute approximate surface area is 99.5 Å². The molecule has 0 unspecified atom stereocenters. The Morgan fingerprint density at radius 2 is 1.76 bits per heavy atom. The molecule has 3 N–H and O–H groups in total. The molecule has 0 saturated carbocycles. The Morgan fingerprint density at radius 3 is 2.35 bits per heavy atom. The molecule has 17 heavy (non-hydrogen) atoms. The summed E-state index contributed by atoms with van der Waals surface area (Å²) in [5.74, 6) is -0.902. The van der Waals surface area contributed by atoms with Gasteiger partial charge in [0.05, 0.1) is 5.56 Å². The zero-order chi connectivity index (χ0) is 12.3. The molecular weight excluding hydrogens is 214 g/mol. The first-order valence-corrected chi connectivity index (χ1v) is 5.32. The number of carbonyl (C=O) groups is 1. The number of aromatic carboxylic acids is 1. The maximum absolute atomic E-state index is 10.7. The van der Waals surface area contributed by atoms with Crippen LogP contribution in [-0.4, -0.2) is 11.1 Å². The second-order valence-electron chi connectivity index (χ2n) is 3.92. The van der Waals surface area contributed by atoms with E-state index in [-0.39, 0.29) is 0 Å². The number of carboxylic acid groups (broad SMARTS) is 1. The second-order valence-corrected chi connectivity index (χ2v) is 3.92. The number of anilines is 1. The molecule has 0 radical (unpaired) electrons. The maximum atomic E-state index is 10.7. The lowest BCUT2D eigenvalue weighted by Crippen LogP contribution is -1.96. The van der Waals surface area contributed by atoms with E-state index in [0.29, 0.717) is 5.56 Å². The van der Waals surface area contributed by atoms with Crippen LogP contribution < -0.4 is 5.73 Å². The molecular formula is C14H13NO2. The summed E-state index contributed by atoms with van der Waals surface area (Å²) in [5, 5.41) is 8.79. The summed E-state index contributed by atoms with van der Waals surface area (Å²) in [6.07, 6.45) is 0.755. The molecule has 2 rings (SSSR count). The minimum Gasteiger partial charge on any atom is -0.478 e. The van der Waals surface area contributed by atoms with E-state index in [2.05, 4.69) is 0 Å². The van der Waals surface area contributed by atoms with E-state index in [1.165, 1.54) is 0 Å². The zero-order valence-corrected chi connectivity index (χ0v) is 9.26. The van der Waals surface area contributed by atoms with Crippen molar-refractivity contribution in [2.24, 2.45) is 0 Å². The predicted molar refractivity (Wildman–Crippen MR) is 67.1 cm³/mol. The molecule has 0 aliphatic rings. The van der Waals surface area contributed by atoms with Gasteiger partial charge in [-0.05, 0) is 41.8 Å². The Morgan fingerprint density at radius 1 is 1.06 bits per heavy atom. The smallest absolute Gasteiger partial charge is 0.335 e. The van der Waals surface area contributed by atoms with E-state index < -0.39 is 5.97 Å². The summed E-state index contributed by atoms with van der Waals surface area (Å²) in [6.45, 7) is 0. The fraction of sp³-hybridized carbons (Fsp3) is 0.0714. The van der Waals surface area contributed by atoms with Crippen LogP contribution in [0, 0.1) is 0 Å². The topological polar surface area (TPSA) is 63.3 Å². The van der Waals surface area contributed by atoms with Crippen LogP contribution in [0.1, 0.15) is 21.5 Å². The van der Waals surface area contributed by atoms with Gasteiger partial charge in [-0.15, -0.1) is 0 Å². The Hall–Kier alpha value is -2.29. The van der Waals surface area contributed by atoms with Crippen molar-refractivity contribution in [3.8, 4) is 0 Å². The normalized spacial score (nSPS) is 10.1. The number of carboxylic acids is 1. The van der Waals surface area contributed by atoms with Gasteiger partial charge in [0.15, 0.2) is 0 Å². The number of benzene rings is 2. The summed E-state index contributed by atoms with van der Waals surface area (Å²) in [4.78, 5) is 10.7. The molecule has 0 atom stereocenters. The van der Waals surface area contributed by atoms with E-state index in [0.717, 1.165) is 23.2 Å². The third kappa shape index (κ3) is 2.84. The highest BCUT2D eigenvalue weighted by atomic mass is 16.4. The molecule has 0 fully saturated rings. The molecule has 3 nitrogen and oxygen atoms in total. The lowest BCUT2D eigenvalue weighted by atomic mass is 10.0. The molecule has 0 aromatic heterocycles. The minimum absolute atomic E-state index is 0.307. The number of nitrogens with two attached hydrogens (primary N) is 1. The number of nitrogen functional groups attached to an aromatic ring is 1.